The minimum Gasteiger partial charge on any atom is -0.192 e. The van der Waals surface area contributed by atoms with Gasteiger partial charge in [0.1, 0.15) is 0 Å². The molecule has 0 aliphatic carbocycles. The molecule has 0 fully saturated rings. The molecule has 0 N–H and O–H groups in total. The maximum absolute atomic E-state index is 9.15. The molecule has 0 saturated carbocycles. The molecule has 0 amide bonds. The van der Waals surface area contributed by atoms with E-state index in [-0.39, 0.29) is 0 Å². The second kappa shape index (κ2) is 14.3. The lowest BCUT2D eigenvalue weighted by molar-refractivity contribution is 0.550. The van der Waals surface area contributed by atoms with Gasteiger partial charge in [-0.25, -0.2) is 0 Å². The summed E-state index contributed by atoms with van der Waals surface area (Å²) in [6.07, 6.45) is 19.9. The van der Waals surface area contributed by atoms with Crippen molar-refractivity contribution in [3.8, 4) is 12.1 Å². The maximum atomic E-state index is 9.15. The molecule has 25 heavy (non-hydrogen) atoms. The SMILES string of the molecule is CCCCCCCCCCCCC/C=C/c1c(C#N)cccc1C#N. The van der Waals surface area contributed by atoms with Crippen molar-refractivity contribution in [2.75, 3.05) is 0 Å². The highest BCUT2D eigenvalue weighted by Gasteiger charge is 2.03. The van der Waals surface area contributed by atoms with Crippen LogP contribution in [0.15, 0.2) is 24.3 Å². The molecule has 0 radical (unpaired) electrons. The monoisotopic (exact) mass is 336 g/mol. The van der Waals surface area contributed by atoms with Crippen molar-refractivity contribution in [3.05, 3.63) is 41.0 Å². The molecule has 0 aliphatic rings. The van der Waals surface area contributed by atoms with E-state index in [2.05, 4.69) is 25.1 Å². The van der Waals surface area contributed by atoms with Crippen LogP contribution in [0.1, 0.15) is 101 Å². The van der Waals surface area contributed by atoms with E-state index in [9.17, 15) is 0 Å². The van der Waals surface area contributed by atoms with E-state index in [0.29, 0.717) is 11.1 Å². The lowest BCUT2D eigenvalue weighted by atomic mass is 10.0. The largest absolute Gasteiger partial charge is 0.192 e. The molecule has 0 spiro atoms. The number of nitriles is 2. The van der Waals surface area contributed by atoms with Gasteiger partial charge in [0.05, 0.1) is 23.3 Å². The first-order valence-electron chi connectivity index (χ1n) is 9.93. The summed E-state index contributed by atoms with van der Waals surface area (Å²) in [6, 6.07) is 9.62. The number of hydrogen-bond acceptors (Lipinski definition) is 2. The van der Waals surface area contributed by atoms with Gasteiger partial charge < -0.3 is 0 Å². The molecule has 0 heterocycles. The average molecular weight is 337 g/mol. The summed E-state index contributed by atoms with van der Waals surface area (Å²) in [6.45, 7) is 2.26. The Hall–Kier alpha value is -2.06. The van der Waals surface area contributed by atoms with Gasteiger partial charge in [-0.2, -0.15) is 10.5 Å². The minimum atomic E-state index is 0.578. The van der Waals surface area contributed by atoms with E-state index in [4.69, 9.17) is 10.5 Å². The van der Waals surface area contributed by atoms with Gasteiger partial charge in [-0.15, -0.1) is 0 Å². The zero-order valence-corrected chi connectivity index (χ0v) is 15.8. The van der Waals surface area contributed by atoms with Crippen LogP contribution < -0.4 is 0 Å². The fourth-order valence-corrected chi connectivity index (χ4v) is 3.07. The van der Waals surface area contributed by atoms with Crippen LogP contribution in [0.5, 0.6) is 0 Å². The molecule has 1 rings (SSSR count). The Balaban J connectivity index is 2.12. The molecular weight excluding hydrogens is 304 g/mol. The first-order valence-corrected chi connectivity index (χ1v) is 9.93. The van der Waals surface area contributed by atoms with Gasteiger partial charge in [0.15, 0.2) is 0 Å². The minimum absolute atomic E-state index is 0.578. The lowest BCUT2D eigenvalue weighted by Gasteiger charge is -2.02. The van der Waals surface area contributed by atoms with Crippen molar-refractivity contribution in [2.45, 2.75) is 84.0 Å². The molecule has 0 atom stereocenters. The van der Waals surface area contributed by atoms with Crippen LogP contribution in [0, 0.1) is 22.7 Å². The zero-order valence-electron chi connectivity index (χ0n) is 15.8. The van der Waals surface area contributed by atoms with Gasteiger partial charge in [-0.1, -0.05) is 89.4 Å². The predicted molar refractivity (Wildman–Crippen MR) is 106 cm³/mol. The first kappa shape index (κ1) is 21.0. The zero-order chi connectivity index (χ0) is 18.2. The number of benzene rings is 1. The molecule has 134 valence electrons. The highest BCUT2D eigenvalue weighted by atomic mass is 14.3. The van der Waals surface area contributed by atoms with E-state index in [1.165, 1.54) is 70.6 Å². The number of unbranched alkanes of at least 4 members (excludes halogenated alkanes) is 11. The highest BCUT2D eigenvalue weighted by Crippen LogP contribution is 2.17. The molecule has 1 aromatic rings. The summed E-state index contributed by atoms with van der Waals surface area (Å²) in [4.78, 5) is 0. The molecule has 0 aromatic heterocycles. The standard InChI is InChI=1S/C23H32N2/c1-2-3-4-5-6-7-8-9-10-11-12-13-14-18-23-21(19-24)16-15-17-22(23)20-25/h14-18H,2-13H2,1H3/b18-14+. The van der Waals surface area contributed by atoms with Crippen LogP contribution >= 0.6 is 0 Å². The quantitative estimate of drug-likeness (QED) is 0.359. The Labute approximate surface area is 154 Å². The second-order valence-corrected chi connectivity index (χ2v) is 6.72. The van der Waals surface area contributed by atoms with E-state index in [0.717, 1.165) is 12.0 Å². The normalized spacial score (nSPS) is 10.7. The Morgan fingerprint density at radius 1 is 0.760 bits per heavy atom. The van der Waals surface area contributed by atoms with Crippen molar-refractivity contribution in [2.24, 2.45) is 0 Å². The van der Waals surface area contributed by atoms with Crippen LogP contribution in [-0.4, -0.2) is 0 Å². The second-order valence-electron chi connectivity index (χ2n) is 6.72. The van der Waals surface area contributed by atoms with Crippen molar-refractivity contribution in [1.29, 1.82) is 10.5 Å². The van der Waals surface area contributed by atoms with Crippen molar-refractivity contribution in [1.82, 2.24) is 0 Å². The summed E-state index contributed by atoms with van der Waals surface area (Å²) in [7, 11) is 0. The Bertz CT molecular complexity index is 555. The maximum Gasteiger partial charge on any atom is 0.0998 e. The van der Waals surface area contributed by atoms with Gasteiger partial charge in [-0.3, -0.25) is 0 Å². The Morgan fingerprint density at radius 2 is 1.24 bits per heavy atom. The molecule has 1 aromatic carbocycles. The van der Waals surface area contributed by atoms with Gasteiger partial charge in [0.2, 0.25) is 0 Å². The Morgan fingerprint density at radius 3 is 1.72 bits per heavy atom. The van der Waals surface area contributed by atoms with Crippen molar-refractivity contribution in [3.63, 3.8) is 0 Å². The van der Waals surface area contributed by atoms with Crippen LogP contribution in [0.4, 0.5) is 0 Å². The van der Waals surface area contributed by atoms with Gasteiger partial charge >= 0.3 is 0 Å². The van der Waals surface area contributed by atoms with Crippen LogP contribution in [-0.2, 0) is 0 Å². The van der Waals surface area contributed by atoms with Crippen molar-refractivity contribution >= 4 is 6.08 Å². The Kier molecular flexibility index (Phi) is 12.0. The number of rotatable bonds is 13. The molecule has 0 saturated heterocycles. The fraction of sp³-hybridized carbons (Fsp3) is 0.565. The summed E-state index contributed by atoms with van der Waals surface area (Å²) in [5.74, 6) is 0. The number of allylic oxidation sites excluding steroid dienone is 1. The first-order chi connectivity index (χ1) is 12.3. The summed E-state index contributed by atoms with van der Waals surface area (Å²) in [5.41, 5.74) is 1.92. The smallest absolute Gasteiger partial charge is 0.0998 e. The van der Waals surface area contributed by atoms with Crippen LogP contribution in [0.25, 0.3) is 6.08 Å². The van der Waals surface area contributed by atoms with E-state index in [1.54, 1.807) is 18.2 Å². The lowest BCUT2D eigenvalue weighted by Crippen LogP contribution is -1.87. The number of hydrogen-bond donors (Lipinski definition) is 0. The molecule has 2 heteroatoms. The molecule has 0 unspecified atom stereocenters. The van der Waals surface area contributed by atoms with Gasteiger partial charge in [0.25, 0.3) is 0 Å². The van der Waals surface area contributed by atoms with E-state index < -0.39 is 0 Å². The fourth-order valence-electron chi connectivity index (χ4n) is 3.07. The van der Waals surface area contributed by atoms with Crippen LogP contribution in [0.2, 0.25) is 0 Å². The average Bonchev–Trinajstić information content (AvgIpc) is 2.65. The highest BCUT2D eigenvalue weighted by molar-refractivity contribution is 5.64. The van der Waals surface area contributed by atoms with E-state index >= 15 is 0 Å². The number of nitrogens with zero attached hydrogens (tertiary/aromatic N) is 2. The molecular formula is C23H32N2. The van der Waals surface area contributed by atoms with Gasteiger partial charge in [-0.05, 0) is 25.0 Å². The topological polar surface area (TPSA) is 47.6 Å². The summed E-state index contributed by atoms with van der Waals surface area (Å²) >= 11 is 0. The van der Waals surface area contributed by atoms with E-state index in [1.807, 2.05) is 6.08 Å². The third-order valence-electron chi connectivity index (χ3n) is 4.61. The summed E-state index contributed by atoms with van der Waals surface area (Å²) < 4.78 is 0. The van der Waals surface area contributed by atoms with Gasteiger partial charge in [0, 0.05) is 5.56 Å². The van der Waals surface area contributed by atoms with Crippen molar-refractivity contribution < 1.29 is 0 Å². The molecule has 0 bridgehead atoms. The summed E-state index contributed by atoms with van der Waals surface area (Å²) in [5, 5.41) is 18.3. The van der Waals surface area contributed by atoms with Crippen LogP contribution in [0.3, 0.4) is 0 Å². The third kappa shape index (κ3) is 9.11. The predicted octanol–water partition coefficient (Wildman–Crippen LogP) is 7.14. The molecule has 2 nitrogen and oxygen atoms in total. The molecule has 0 aliphatic heterocycles. The third-order valence-corrected chi connectivity index (χ3v) is 4.61.